The Morgan fingerprint density at radius 2 is 1.94 bits per heavy atom. The van der Waals surface area contributed by atoms with E-state index in [-0.39, 0.29) is 0 Å². The van der Waals surface area contributed by atoms with Crippen LogP contribution in [0.4, 0.5) is 0 Å². The summed E-state index contributed by atoms with van der Waals surface area (Å²) >= 11 is 0. The van der Waals surface area contributed by atoms with Gasteiger partial charge in [-0.15, -0.1) is 0 Å². The number of carboxylic acid groups (broad SMARTS) is 1. The van der Waals surface area contributed by atoms with Crippen LogP contribution in [0.25, 0.3) is 11.1 Å². The second-order valence-corrected chi connectivity index (χ2v) is 4.28. The minimum atomic E-state index is -0.892. The van der Waals surface area contributed by atoms with Gasteiger partial charge in [-0.3, -0.25) is 0 Å². The number of carbonyl (C=O) groups is 1. The van der Waals surface area contributed by atoms with Crippen LogP contribution in [-0.2, 0) is 7.05 Å². The minimum Gasteiger partial charge on any atom is -0.477 e. The van der Waals surface area contributed by atoms with E-state index in [4.69, 9.17) is 0 Å². The van der Waals surface area contributed by atoms with Crippen LogP contribution in [0.1, 0.15) is 21.7 Å². The van der Waals surface area contributed by atoms with Crippen LogP contribution in [-0.4, -0.2) is 15.6 Å². The van der Waals surface area contributed by atoms with Gasteiger partial charge in [0.25, 0.3) is 0 Å². The molecule has 3 heteroatoms. The molecule has 1 heterocycles. The van der Waals surface area contributed by atoms with Crippen molar-refractivity contribution < 1.29 is 9.90 Å². The molecular formula is C14H15NO2. The maximum atomic E-state index is 11.3. The lowest BCUT2D eigenvalue weighted by Gasteiger charge is -2.04. The highest BCUT2D eigenvalue weighted by Crippen LogP contribution is 2.27. The Bertz CT molecular complexity index is 582. The van der Waals surface area contributed by atoms with Crippen LogP contribution in [0.5, 0.6) is 0 Å². The summed E-state index contributed by atoms with van der Waals surface area (Å²) in [5, 5.41) is 9.27. The topological polar surface area (TPSA) is 42.2 Å². The molecule has 2 rings (SSSR count). The fourth-order valence-corrected chi connectivity index (χ4v) is 2.02. The first-order valence-corrected chi connectivity index (χ1v) is 5.47. The number of hydrogen-bond donors (Lipinski definition) is 1. The third-order valence-corrected chi connectivity index (χ3v) is 3.00. The lowest BCUT2D eigenvalue weighted by Crippen LogP contribution is -2.06. The maximum absolute atomic E-state index is 11.3. The zero-order valence-corrected chi connectivity index (χ0v) is 10.2. The molecule has 3 nitrogen and oxygen atoms in total. The predicted octanol–water partition coefficient (Wildman–Crippen LogP) is 3.01. The van der Waals surface area contributed by atoms with Crippen molar-refractivity contribution in [1.82, 2.24) is 4.57 Å². The Kier molecular flexibility index (Phi) is 2.76. The summed E-state index contributed by atoms with van der Waals surface area (Å²) < 4.78 is 1.71. The van der Waals surface area contributed by atoms with Crippen LogP contribution in [0.2, 0.25) is 0 Å². The highest BCUT2D eigenvalue weighted by molar-refractivity contribution is 5.95. The first-order valence-electron chi connectivity index (χ1n) is 5.47. The molecule has 17 heavy (non-hydrogen) atoms. The standard InChI is InChI=1S/C14H15NO2/c1-9-5-4-6-11(7-9)12-8-10(2)15(3)13(12)14(16)17/h4-8H,1-3H3,(H,16,17). The number of benzene rings is 1. The number of nitrogens with zero attached hydrogens (tertiary/aromatic N) is 1. The average Bonchev–Trinajstić information content (AvgIpc) is 2.55. The summed E-state index contributed by atoms with van der Waals surface area (Å²) in [6.45, 7) is 3.91. The second kappa shape index (κ2) is 4.09. The molecule has 0 bridgehead atoms. The minimum absolute atomic E-state index is 0.341. The van der Waals surface area contributed by atoms with Gasteiger partial charge in [0.05, 0.1) is 0 Å². The molecule has 0 fully saturated rings. The Morgan fingerprint density at radius 1 is 1.24 bits per heavy atom. The van der Waals surface area contributed by atoms with Gasteiger partial charge in [-0.05, 0) is 25.5 Å². The van der Waals surface area contributed by atoms with Gasteiger partial charge in [0.1, 0.15) is 5.69 Å². The highest BCUT2D eigenvalue weighted by atomic mass is 16.4. The van der Waals surface area contributed by atoms with Gasteiger partial charge >= 0.3 is 5.97 Å². The van der Waals surface area contributed by atoms with Crippen LogP contribution in [0, 0.1) is 13.8 Å². The summed E-state index contributed by atoms with van der Waals surface area (Å²) in [6.07, 6.45) is 0. The molecule has 88 valence electrons. The van der Waals surface area contributed by atoms with Crippen molar-refractivity contribution in [3.8, 4) is 11.1 Å². The highest BCUT2D eigenvalue weighted by Gasteiger charge is 2.17. The number of aromatic carboxylic acids is 1. The number of carboxylic acids is 1. The van der Waals surface area contributed by atoms with Gasteiger partial charge in [0.15, 0.2) is 0 Å². The molecule has 1 aromatic heterocycles. The maximum Gasteiger partial charge on any atom is 0.353 e. The molecule has 0 aliphatic heterocycles. The zero-order chi connectivity index (χ0) is 12.6. The molecule has 1 N–H and O–H groups in total. The molecule has 0 aliphatic carbocycles. The van der Waals surface area contributed by atoms with Gasteiger partial charge in [-0.2, -0.15) is 0 Å². The van der Waals surface area contributed by atoms with Gasteiger partial charge in [-0.1, -0.05) is 29.8 Å². The van der Waals surface area contributed by atoms with Crippen LogP contribution in [0.15, 0.2) is 30.3 Å². The molecule has 0 amide bonds. The molecule has 0 aliphatic rings. The van der Waals surface area contributed by atoms with Crippen molar-refractivity contribution >= 4 is 5.97 Å². The first-order chi connectivity index (χ1) is 8.00. The van der Waals surface area contributed by atoms with Crippen molar-refractivity contribution in [2.75, 3.05) is 0 Å². The summed E-state index contributed by atoms with van der Waals surface area (Å²) in [7, 11) is 1.78. The third-order valence-electron chi connectivity index (χ3n) is 3.00. The zero-order valence-electron chi connectivity index (χ0n) is 10.2. The first kappa shape index (κ1) is 11.5. The lowest BCUT2D eigenvalue weighted by molar-refractivity contribution is 0.0687. The van der Waals surface area contributed by atoms with Crippen molar-refractivity contribution in [1.29, 1.82) is 0 Å². The van der Waals surface area contributed by atoms with E-state index in [1.54, 1.807) is 11.6 Å². The van der Waals surface area contributed by atoms with Crippen LogP contribution < -0.4 is 0 Å². The molecule has 1 aromatic carbocycles. The molecule has 0 saturated carbocycles. The predicted molar refractivity (Wildman–Crippen MR) is 67.3 cm³/mol. The Morgan fingerprint density at radius 3 is 2.53 bits per heavy atom. The summed E-state index contributed by atoms with van der Waals surface area (Å²) in [5.74, 6) is -0.892. The van der Waals surface area contributed by atoms with Gasteiger partial charge in [0, 0.05) is 18.3 Å². The molecule has 0 spiro atoms. The number of aromatic nitrogens is 1. The van der Waals surface area contributed by atoms with Crippen LogP contribution in [0.3, 0.4) is 0 Å². The van der Waals surface area contributed by atoms with Crippen molar-refractivity contribution in [2.45, 2.75) is 13.8 Å². The number of rotatable bonds is 2. The van der Waals surface area contributed by atoms with E-state index in [0.29, 0.717) is 5.69 Å². The van der Waals surface area contributed by atoms with E-state index in [1.807, 2.05) is 44.2 Å². The SMILES string of the molecule is Cc1cccc(-c2cc(C)n(C)c2C(=O)O)c1. The lowest BCUT2D eigenvalue weighted by atomic mass is 10.0. The van der Waals surface area contributed by atoms with E-state index in [9.17, 15) is 9.90 Å². The molecule has 0 atom stereocenters. The molecule has 2 aromatic rings. The van der Waals surface area contributed by atoms with E-state index in [2.05, 4.69) is 0 Å². The Hall–Kier alpha value is -2.03. The molecular weight excluding hydrogens is 214 g/mol. The van der Waals surface area contributed by atoms with E-state index >= 15 is 0 Å². The normalized spacial score (nSPS) is 10.5. The summed E-state index contributed by atoms with van der Waals surface area (Å²) in [4.78, 5) is 11.3. The average molecular weight is 229 g/mol. The van der Waals surface area contributed by atoms with E-state index in [1.165, 1.54) is 0 Å². The third kappa shape index (κ3) is 1.96. The largest absolute Gasteiger partial charge is 0.477 e. The van der Waals surface area contributed by atoms with Gasteiger partial charge < -0.3 is 9.67 Å². The molecule has 0 radical (unpaired) electrons. The van der Waals surface area contributed by atoms with Gasteiger partial charge in [-0.25, -0.2) is 4.79 Å². The molecule has 0 unspecified atom stereocenters. The summed E-state index contributed by atoms with van der Waals surface area (Å²) in [6, 6.07) is 9.80. The summed E-state index contributed by atoms with van der Waals surface area (Å²) in [5.41, 5.74) is 4.14. The number of hydrogen-bond acceptors (Lipinski definition) is 1. The monoisotopic (exact) mass is 229 g/mol. The Labute approximate surface area is 100 Å². The van der Waals surface area contributed by atoms with Crippen LogP contribution >= 0.6 is 0 Å². The fourth-order valence-electron chi connectivity index (χ4n) is 2.02. The quantitative estimate of drug-likeness (QED) is 0.860. The van der Waals surface area contributed by atoms with E-state index < -0.39 is 5.97 Å². The fraction of sp³-hybridized carbons (Fsp3) is 0.214. The second-order valence-electron chi connectivity index (χ2n) is 4.28. The van der Waals surface area contributed by atoms with Crippen molar-refractivity contribution in [3.63, 3.8) is 0 Å². The van der Waals surface area contributed by atoms with Crippen molar-refractivity contribution in [2.24, 2.45) is 7.05 Å². The Balaban J connectivity index is 2.67. The van der Waals surface area contributed by atoms with Gasteiger partial charge in [0.2, 0.25) is 0 Å². The molecule has 0 saturated heterocycles. The number of aryl methyl sites for hydroxylation is 2. The smallest absolute Gasteiger partial charge is 0.353 e. The van der Waals surface area contributed by atoms with E-state index in [0.717, 1.165) is 22.4 Å². The van der Waals surface area contributed by atoms with Crippen molar-refractivity contribution in [3.05, 3.63) is 47.3 Å².